The summed E-state index contributed by atoms with van der Waals surface area (Å²) in [6, 6.07) is 0. The lowest BCUT2D eigenvalue weighted by Crippen LogP contribution is -1.96. The van der Waals surface area contributed by atoms with Gasteiger partial charge in [-0.15, -0.1) is 0 Å². The molecule has 0 aromatic heterocycles. The van der Waals surface area contributed by atoms with Crippen LogP contribution in [0.2, 0.25) is 0 Å². The highest BCUT2D eigenvalue weighted by Crippen LogP contribution is 2.80. The molecule has 2 radical (unpaired) electrons. The molecule has 0 aromatic rings. The van der Waals surface area contributed by atoms with E-state index in [0.29, 0.717) is 0 Å². The highest BCUT2D eigenvalue weighted by molar-refractivity contribution is 5.54. The summed E-state index contributed by atoms with van der Waals surface area (Å²) < 4.78 is 0. The molecule has 0 spiro atoms. The Morgan fingerprint density at radius 1 is 1.00 bits per heavy atom. The van der Waals surface area contributed by atoms with E-state index in [0.717, 1.165) is 11.8 Å². The number of hydrogen-bond acceptors (Lipinski definition) is 0. The summed E-state index contributed by atoms with van der Waals surface area (Å²) >= 11 is 0. The molecule has 0 nitrogen and oxygen atoms in total. The maximum atomic E-state index is 1.89. The first-order chi connectivity index (χ1) is 2.97. The van der Waals surface area contributed by atoms with Crippen molar-refractivity contribution < 1.29 is 0 Å². The molecule has 0 heteroatoms. The number of fused-ring (bicyclic) bond motifs is 4. The largest absolute Gasteiger partial charge is 0.0425 e. The fourth-order valence-corrected chi connectivity index (χ4v) is 1.77. The van der Waals surface area contributed by atoms with Gasteiger partial charge < -0.3 is 0 Å². The van der Waals surface area contributed by atoms with Crippen LogP contribution in [0.1, 0.15) is 12.8 Å². The van der Waals surface area contributed by atoms with E-state index < -0.39 is 0 Å². The Morgan fingerprint density at radius 2 is 1.50 bits per heavy atom. The first-order valence-corrected chi connectivity index (χ1v) is 2.68. The summed E-state index contributed by atoms with van der Waals surface area (Å²) in [6.07, 6.45) is 3.00. The zero-order valence-electron chi connectivity index (χ0n) is 3.57. The summed E-state index contributed by atoms with van der Waals surface area (Å²) in [6.45, 7) is 0. The van der Waals surface area contributed by atoms with Crippen LogP contribution in [0.25, 0.3) is 0 Å². The molecule has 3 aliphatic rings. The lowest BCUT2D eigenvalue weighted by molar-refractivity contribution is 0.782. The quantitative estimate of drug-likeness (QED) is 0.408. The first-order valence-electron chi connectivity index (χ1n) is 2.68. The minimum atomic E-state index is 1.11. The van der Waals surface area contributed by atoms with E-state index >= 15 is 0 Å². The third-order valence-electron chi connectivity index (χ3n) is 2.35. The van der Waals surface area contributed by atoms with Crippen LogP contribution >= 0.6 is 0 Å². The molecule has 0 N–H and O–H groups in total. The van der Waals surface area contributed by atoms with Gasteiger partial charge in [0.1, 0.15) is 0 Å². The Hall–Kier alpha value is 0. The molecule has 0 heterocycles. The lowest BCUT2D eigenvalue weighted by Gasteiger charge is -2.02. The summed E-state index contributed by atoms with van der Waals surface area (Å²) in [7, 11) is 0. The summed E-state index contributed by atoms with van der Waals surface area (Å²) in [4.78, 5) is 0. The van der Waals surface area contributed by atoms with Crippen LogP contribution in [-0.2, 0) is 0 Å². The van der Waals surface area contributed by atoms with Gasteiger partial charge in [-0.25, -0.2) is 0 Å². The average molecular weight is 78.1 g/mol. The monoisotopic (exact) mass is 78.0 g/mol. The molecule has 30 valence electrons. The van der Waals surface area contributed by atoms with Crippen molar-refractivity contribution in [1.29, 1.82) is 0 Å². The van der Waals surface area contributed by atoms with Crippen LogP contribution in [0.15, 0.2) is 0 Å². The fourth-order valence-electron chi connectivity index (χ4n) is 1.77. The standard InChI is InChI=1S/C6H6/c1-3-4(1)6-2-5(3)6/h3,6H,1-2H2. The van der Waals surface area contributed by atoms with Gasteiger partial charge in [0.25, 0.3) is 0 Å². The Labute approximate surface area is 37.5 Å². The minimum absolute atomic E-state index is 1.11. The van der Waals surface area contributed by atoms with E-state index in [1.54, 1.807) is 0 Å². The topological polar surface area (TPSA) is 0 Å². The third kappa shape index (κ3) is 0.0900. The van der Waals surface area contributed by atoms with Crippen LogP contribution in [0.3, 0.4) is 0 Å². The van der Waals surface area contributed by atoms with Gasteiger partial charge in [-0.05, 0) is 36.5 Å². The second-order valence-corrected chi connectivity index (χ2v) is 2.66. The zero-order valence-corrected chi connectivity index (χ0v) is 3.57. The van der Waals surface area contributed by atoms with E-state index in [9.17, 15) is 0 Å². The Balaban J connectivity index is 2.15. The van der Waals surface area contributed by atoms with Gasteiger partial charge in [0.15, 0.2) is 0 Å². The van der Waals surface area contributed by atoms with Crippen molar-refractivity contribution in [2.75, 3.05) is 0 Å². The van der Waals surface area contributed by atoms with E-state index in [4.69, 9.17) is 0 Å². The summed E-state index contributed by atoms with van der Waals surface area (Å²) in [5.74, 6) is 6.00. The maximum absolute atomic E-state index is 1.89. The van der Waals surface area contributed by atoms with Crippen molar-refractivity contribution in [3.05, 3.63) is 11.8 Å². The van der Waals surface area contributed by atoms with Crippen LogP contribution in [0.5, 0.6) is 0 Å². The average Bonchev–Trinajstić information content (AvgIpc) is 2.04. The van der Waals surface area contributed by atoms with Crippen molar-refractivity contribution in [3.63, 3.8) is 0 Å². The molecule has 0 unspecified atom stereocenters. The molecule has 3 fully saturated rings. The van der Waals surface area contributed by atoms with Crippen LogP contribution in [-0.4, -0.2) is 0 Å². The molecule has 3 aliphatic carbocycles. The van der Waals surface area contributed by atoms with Gasteiger partial charge in [-0.3, -0.25) is 0 Å². The molecule has 3 saturated carbocycles. The molecule has 0 amide bonds. The Morgan fingerprint density at radius 3 is 1.67 bits per heavy atom. The zero-order chi connectivity index (χ0) is 3.72. The van der Waals surface area contributed by atoms with Gasteiger partial charge in [-0.1, -0.05) is 0 Å². The summed E-state index contributed by atoms with van der Waals surface area (Å²) in [5.41, 5.74) is 0. The first kappa shape index (κ1) is 2.34. The Kier molecular flexibility index (Phi) is 0.159. The molecular formula is C6H6. The molecule has 0 atom stereocenters. The molecule has 3 rings (SSSR count). The molecular weight excluding hydrogens is 72.1 g/mol. The molecule has 0 aromatic carbocycles. The van der Waals surface area contributed by atoms with E-state index in [1.165, 1.54) is 12.8 Å². The third-order valence-corrected chi connectivity index (χ3v) is 2.35. The van der Waals surface area contributed by atoms with Gasteiger partial charge in [0.05, 0.1) is 0 Å². The minimum Gasteiger partial charge on any atom is -0.0425 e. The van der Waals surface area contributed by atoms with Crippen molar-refractivity contribution in [3.8, 4) is 0 Å². The molecule has 0 bridgehead atoms. The summed E-state index contributed by atoms with van der Waals surface area (Å²) in [5, 5.41) is 0. The fraction of sp³-hybridized carbons (Fsp3) is 0.667. The van der Waals surface area contributed by atoms with Crippen molar-refractivity contribution >= 4 is 0 Å². The molecule has 6 heavy (non-hydrogen) atoms. The number of rotatable bonds is 0. The smallest absolute Gasteiger partial charge is 0.0164 e. The predicted octanol–water partition coefficient (Wildman–Crippen LogP) is 1.19. The van der Waals surface area contributed by atoms with Crippen molar-refractivity contribution in [1.82, 2.24) is 0 Å². The lowest BCUT2D eigenvalue weighted by atomic mass is 10.0. The maximum Gasteiger partial charge on any atom is -0.0164 e. The second kappa shape index (κ2) is 0.408. The van der Waals surface area contributed by atoms with Gasteiger partial charge in [0, 0.05) is 0 Å². The van der Waals surface area contributed by atoms with E-state index in [-0.39, 0.29) is 0 Å². The number of hydrogen-bond donors (Lipinski definition) is 0. The van der Waals surface area contributed by atoms with E-state index in [2.05, 4.69) is 0 Å². The van der Waals surface area contributed by atoms with Crippen LogP contribution in [0, 0.1) is 23.7 Å². The second-order valence-electron chi connectivity index (χ2n) is 2.66. The van der Waals surface area contributed by atoms with Gasteiger partial charge in [0.2, 0.25) is 0 Å². The normalized spacial score (nSPS) is 62.0. The predicted molar refractivity (Wildman–Crippen MR) is 22.7 cm³/mol. The van der Waals surface area contributed by atoms with Crippen LogP contribution < -0.4 is 0 Å². The van der Waals surface area contributed by atoms with E-state index in [1.807, 2.05) is 11.8 Å². The molecule has 0 aliphatic heterocycles. The van der Waals surface area contributed by atoms with Crippen LogP contribution in [0.4, 0.5) is 0 Å². The highest BCUT2D eigenvalue weighted by atomic mass is 14.7. The SMILES string of the molecule is C1[C]2C1[C]1CC21. The van der Waals surface area contributed by atoms with Crippen molar-refractivity contribution in [2.24, 2.45) is 11.8 Å². The Bertz CT molecular complexity index is 72.6. The highest BCUT2D eigenvalue weighted by Gasteiger charge is 2.71. The van der Waals surface area contributed by atoms with Gasteiger partial charge >= 0.3 is 0 Å². The van der Waals surface area contributed by atoms with Crippen molar-refractivity contribution in [2.45, 2.75) is 12.8 Å². The van der Waals surface area contributed by atoms with Gasteiger partial charge in [-0.2, -0.15) is 0 Å². The molecule has 0 saturated heterocycles.